The maximum Gasteiger partial charge on any atom is 0.255 e. The summed E-state index contributed by atoms with van der Waals surface area (Å²) in [5.74, 6) is 0.218. The molecule has 1 aliphatic rings. The normalized spacial score (nSPS) is 12.6. The van der Waals surface area contributed by atoms with Gasteiger partial charge in [-0.25, -0.2) is 4.39 Å². The molecule has 0 atom stereocenters. The number of carbonyl (C=O) groups is 1. The average Bonchev–Trinajstić information content (AvgIpc) is 2.63. The van der Waals surface area contributed by atoms with E-state index >= 15 is 0 Å². The van der Waals surface area contributed by atoms with Gasteiger partial charge >= 0.3 is 0 Å². The molecule has 0 bridgehead atoms. The highest BCUT2D eigenvalue weighted by Gasteiger charge is 2.18. The number of amides is 1. The molecule has 0 spiro atoms. The van der Waals surface area contributed by atoms with Gasteiger partial charge in [-0.2, -0.15) is 0 Å². The van der Waals surface area contributed by atoms with Crippen molar-refractivity contribution in [1.82, 2.24) is 5.32 Å². The summed E-state index contributed by atoms with van der Waals surface area (Å²) in [6, 6.07) is 8.25. The van der Waals surface area contributed by atoms with Crippen LogP contribution in [-0.2, 0) is 13.0 Å². The summed E-state index contributed by atoms with van der Waals surface area (Å²) in [6.07, 6.45) is 0.612. The molecule has 2 N–H and O–H groups in total. The van der Waals surface area contributed by atoms with Crippen LogP contribution in [0.25, 0.3) is 0 Å². The van der Waals surface area contributed by atoms with E-state index in [-0.39, 0.29) is 23.9 Å². The zero-order chi connectivity index (χ0) is 17.1. The molecule has 1 aliphatic heterocycles. The molecule has 0 aliphatic carbocycles. The molecule has 2 aromatic carbocycles. The number of methoxy groups -OCH3 is 2. The van der Waals surface area contributed by atoms with Crippen LogP contribution < -0.4 is 20.1 Å². The lowest BCUT2D eigenvalue weighted by Gasteiger charge is -2.19. The fourth-order valence-corrected chi connectivity index (χ4v) is 2.80. The molecular formula is C18H20ClFN2O3. The molecule has 2 aromatic rings. The average molecular weight is 367 g/mol. The Hall–Kier alpha value is -2.31. The van der Waals surface area contributed by atoms with E-state index in [4.69, 9.17) is 9.47 Å². The van der Waals surface area contributed by atoms with Gasteiger partial charge in [0, 0.05) is 12.1 Å². The number of fused-ring (bicyclic) bond motifs is 1. The Morgan fingerprint density at radius 2 is 1.92 bits per heavy atom. The van der Waals surface area contributed by atoms with E-state index in [1.807, 2.05) is 6.07 Å². The second-order valence-electron chi connectivity index (χ2n) is 5.52. The highest BCUT2D eigenvalue weighted by atomic mass is 35.5. The van der Waals surface area contributed by atoms with Gasteiger partial charge in [-0.3, -0.25) is 4.79 Å². The van der Waals surface area contributed by atoms with Crippen LogP contribution in [-0.4, -0.2) is 26.7 Å². The molecule has 0 aromatic heterocycles. The Kier molecular flexibility index (Phi) is 6.22. The summed E-state index contributed by atoms with van der Waals surface area (Å²) in [5, 5.41) is 5.83. The first-order valence-corrected chi connectivity index (χ1v) is 7.68. The van der Waals surface area contributed by atoms with Crippen molar-refractivity contribution in [2.24, 2.45) is 0 Å². The Balaban J connectivity index is 0.00000225. The minimum atomic E-state index is -0.399. The first-order valence-electron chi connectivity index (χ1n) is 7.68. The van der Waals surface area contributed by atoms with Crippen LogP contribution in [0.15, 0.2) is 30.3 Å². The molecule has 7 heteroatoms. The number of hydrogen-bond donors (Lipinski definition) is 2. The van der Waals surface area contributed by atoms with E-state index in [0.29, 0.717) is 35.6 Å². The highest BCUT2D eigenvalue weighted by Crippen LogP contribution is 2.29. The molecule has 0 saturated heterocycles. The fraction of sp³-hybridized carbons (Fsp3) is 0.278. The van der Waals surface area contributed by atoms with Crippen molar-refractivity contribution in [3.05, 3.63) is 52.8 Å². The van der Waals surface area contributed by atoms with E-state index in [0.717, 1.165) is 12.1 Å². The Bertz CT molecular complexity index is 783. The van der Waals surface area contributed by atoms with E-state index in [2.05, 4.69) is 10.6 Å². The number of nitrogens with one attached hydrogen (secondary N) is 2. The Labute approximate surface area is 151 Å². The number of benzene rings is 2. The number of halogens is 2. The number of rotatable bonds is 4. The molecule has 5 nitrogen and oxygen atoms in total. The minimum Gasteiger partial charge on any atom is -0.493 e. The lowest BCUT2D eigenvalue weighted by atomic mass is 9.99. The second kappa shape index (κ2) is 8.18. The summed E-state index contributed by atoms with van der Waals surface area (Å²) in [4.78, 5) is 12.4. The molecule has 0 radical (unpaired) electrons. The van der Waals surface area contributed by atoms with Crippen LogP contribution in [0.2, 0.25) is 0 Å². The Morgan fingerprint density at radius 3 is 2.64 bits per heavy atom. The third-order valence-corrected chi connectivity index (χ3v) is 4.10. The van der Waals surface area contributed by atoms with Crippen molar-refractivity contribution in [3.8, 4) is 11.5 Å². The highest BCUT2D eigenvalue weighted by molar-refractivity contribution is 6.04. The van der Waals surface area contributed by atoms with Crippen molar-refractivity contribution in [3.63, 3.8) is 0 Å². The minimum absolute atomic E-state index is 0. The molecule has 25 heavy (non-hydrogen) atoms. The van der Waals surface area contributed by atoms with Gasteiger partial charge in [-0.1, -0.05) is 6.07 Å². The topological polar surface area (TPSA) is 59.6 Å². The molecular weight excluding hydrogens is 347 g/mol. The fourth-order valence-electron chi connectivity index (χ4n) is 2.80. The summed E-state index contributed by atoms with van der Waals surface area (Å²) in [5.41, 5.74) is 2.16. The van der Waals surface area contributed by atoms with Gasteiger partial charge in [-0.05, 0) is 48.4 Å². The molecule has 1 amide bonds. The summed E-state index contributed by atoms with van der Waals surface area (Å²) in [7, 11) is 3.02. The van der Waals surface area contributed by atoms with Gasteiger partial charge in [0.2, 0.25) is 0 Å². The maximum absolute atomic E-state index is 14.6. The van der Waals surface area contributed by atoms with E-state index in [1.54, 1.807) is 24.3 Å². The molecule has 0 saturated carbocycles. The number of carbonyl (C=O) groups excluding carboxylic acids is 1. The standard InChI is InChI=1S/C18H19FN2O3.ClH/c1-23-15-6-4-11(9-16(15)24-2)18(22)21-14-5-3-12-10-20-8-7-13(12)17(14)19;/h3-6,9,20H,7-8,10H2,1-2H3,(H,21,22);1H. The van der Waals surface area contributed by atoms with Crippen LogP contribution in [0.4, 0.5) is 10.1 Å². The van der Waals surface area contributed by atoms with Gasteiger partial charge in [0.1, 0.15) is 5.82 Å². The van der Waals surface area contributed by atoms with Gasteiger partial charge in [-0.15, -0.1) is 12.4 Å². The van der Waals surface area contributed by atoms with Crippen LogP contribution in [0, 0.1) is 5.82 Å². The number of ether oxygens (including phenoxy) is 2. The van der Waals surface area contributed by atoms with Crippen LogP contribution in [0.3, 0.4) is 0 Å². The van der Waals surface area contributed by atoms with Gasteiger partial charge in [0.05, 0.1) is 19.9 Å². The quantitative estimate of drug-likeness (QED) is 0.872. The summed E-state index contributed by atoms with van der Waals surface area (Å²) < 4.78 is 24.9. The number of anilines is 1. The van der Waals surface area contributed by atoms with Crippen molar-refractivity contribution in [2.75, 3.05) is 26.1 Å². The summed E-state index contributed by atoms with van der Waals surface area (Å²) in [6.45, 7) is 1.38. The molecule has 3 rings (SSSR count). The molecule has 0 fully saturated rings. The van der Waals surface area contributed by atoms with Crippen LogP contribution in [0.1, 0.15) is 21.5 Å². The zero-order valence-corrected chi connectivity index (χ0v) is 14.8. The van der Waals surface area contributed by atoms with E-state index in [1.165, 1.54) is 14.2 Å². The van der Waals surface area contributed by atoms with Crippen molar-refractivity contribution in [1.29, 1.82) is 0 Å². The first kappa shape index (κ1) is 19.0. The molecule has 134 valence electrons. The van der Waals surface area contributed by atoms with Gasteiger partial charge in [0.15, 0.2) is 11.5 Å². The van der Waals surface area contributed by atoms with Crippen molar-refractivity contribution >= 4 is 24.0 Å². The third kappa shape index (κ3) is 3.86. The predicted molar refractivity (Wildman–Crippen MR) is 96.6 cm³/mol. The van der Waals surface area contributed by atoms with Gasteiger partial charge < -0.3 is 20.1 Å². The zero-order valence-electron chi connectivity index (χ0n) is 14.0. The van der Waals surface area contributed by atoms with Crippen LogP contribution in [0.5, 0.6) is 11.5 Å². The maximum atomic E-state index is 14.6. The first-order chi connectivity index (χ1) is 11.6. The lowest BCUT2D eigenvalue weighted by Crippen LogP contribution is -2.25. The van der Waals surface area contributed by atoms with Crippen molar-refractivity contribution < 1.29 is 18.7 Å². The monoisotopic (exact) mass is 366 g/mol. The summed E-state index contributed by atoms with van der Waals surface area (Å²) >= 11 is 0. The van der Waals surface area contributed by atoms with Crippen LogP contribution >= 0.6 is 12.4 Å². The SMILES string of the molecule is COc1ccc(C(=O)Nc2ccc3c(c2F)CCNC3)cc1OC.Cl. The smallest absolute Gasteiger partial charge is 0.255 e. The largest absolute Gasteiger partial charge is 0.493 e. The Morgan fingerprint density at radius 1 is 1.16 bits per heavy atom. The van der Waals surface area contributed by atoms with E-state index in [9.17, 15) is 9.18 Å². The predicted octanol–water partition coefficient (Wildman–Crippen LogP) is 3.16. The lowest BCUT2D eigenvalue weighted by molar-refractivity contribution is 0.102. The van der Waals surface area contributed by atoms with E-state index < -0.39 is 5.91 Å². The number of hydrogen-bond acceptors (Lipinski definition) is 4. The van der Waals surface area contributed by atoms with Gasteiger partial charge in [0.25, 0.3) is 5.91 Å². The molecule has 0 unspecified atom stereocenters. The molecule has 1 heterocycles. The third-order valence-electron chi connectivity index (χ3n) is 4.10. The second-order valence-corrected chi connectivity index (χ2v) is 5.52. The van der Waals surface area contributed by atoms with Crippen molar-refractivity contribution in [2.45, 2.75) is 13.0 Å².